The van der Waals surface area contributed by atoms with Gasteiger partial charge in [-0.15, -0.1) is 11.8 Å². The summed E-state index contributed by atoms with van der Waals surface area (Å²) in [4.78, 5) is 12.4. The van der Waals surface area contributed by atoms with E-state index in [1.807, 2.05) is 48.5 Å². The molecule has 0 saturated carbocycles. The molecule has 7 heteroatoms. The van der Waals surface area contributed by atoms with Gasteiger partial charge in [-0.2, -0.15) is 13.2 Å². The van der Waals surface area contributed by atoms with Crippen molar-refractivity contribution in [3.8, 4) is 16.9 Å². The van der Waals surface area contributed by atoms with Crippen LogP contribution in [0.1, 0.15) is 18.1 Å². The van der Waals surface area contributed by atoms with Gasteiger partial charge in [-0.25, -0.2) is 0 Å². The normalized spacial score (nSPS) is 11.2. The first-order valence-corrected chi connectivity index (χ1v) is 10.6. The fourth-order valence-electron chi connectivity index (χ4n) is 2.84. The fraction of sp³-hybridized carbons (Fsp3) is 0.208. The summed E-state index contributed by atoms with van der Waals surface area (Å²) in [6.45, 7) is 2.46. The minimum absolute atomic E-state index is 0.249. The van der Waals surface area contributed by atoms with E-state index in [9.17, 15) is 18.0 Å². The Kier molecular flexibility index (Phi) is 7.63. The summed E-state index contributed by atoms with van der Waals surface area (Å²) in [5, 5.41) is 0. The molecule has 0 fully saturated rings. The van der Waals surface area contributed by atoms with Gasteiger partial charge >= 0.3 is 12.1 Å². The average Bonchev–Trinajstić information content (AvgIpc) is 2.77. The molecule has 0 aliphatic carbocycles. The predicted molar refractivity (Wildman–Crippen MR) is 115 cm³/mol. The summed E-state index contributed by atoms with van der Waals surface area (Å²) >= 11 is 1.39. The van der Waals surface area contributed by atoms with Crippen molar-refractivity contribution in [3.63, 3.8) is 0 Å². The Morgan fingerprint density at radius 1 is 0.935 bits per heavy atom. The Bertz CT molecular complexity index is 1000. The van der Waals surface area contributed by atoms with Gasteiger partial charge in [0, 0.05) is 4.90 Å². The molecule has 0 heterocycles. The van der Waals surface area contributed by atoms with Crippen LogP contribution in [0.15, 0.2) is 77.7 Å². The molecule has 31 heavy (non-hydrogen) atoms. The van der Waals surface area contributed by atoms with Crippen molar-refractivity contribution in [1.29, 1.82) is 0 Å². The van der Waals surface area contributed by atoms with Crippen LogP contribution in [0.25, 0.3) is 11.1 Å². The number of thioether (sulfide) groups is 1. The smallest absolute Gasteiger partial charge is 0.416 e. The molecule has 0 amide bonds. The second-order valence-electron chi connectivity index (χ2n) is 6.63. The molecule has 0 atom stereocenters. The highest BCUT2D eigenvalue weighted by molar-refractivity contribution is 8.00. The molecule has 0 unspecified atom stereocenters. The zero-order chi connectivity index (χ0) is 22.3. The second kappa shape index (κ2) is 10.4. The Balaban J connectivity index is 1.58. The second-order valence-corrected chi connectivity index (χ2v) is 7.68. The number of carbonyl (C=O) groups excluding carboxylic acids is 1. The first-order valence-electron chi connectivity index (χ1n) is 9.63. The number of rotatable bonds is 8. The topological polar surface area (TPSA) is 35.5 Å². The van der Waals surface area contributed by atoms with Crippen molar-refractivity contribution in [1.82, 2.24) is 0 Å². The molecule has 0 bridgehead atoms. The lowest BCUT2D eigenvalue weighted by molar-refractivity contribution is -0.140. The summed E-state index contributed by atoms with van der Waals surface area (Å²) < 4.78 is 49.0. The van der Waals surface area contributed by atoms with Gasteiger partial charge in [-0.05, 0) is 66.1 Å². The monoisotopic (exact) mass is 446 g/mol. The van der Waals surface area contributed by atoms with E-state index in [-0.39, 0.29) is 11.7 Å². The largest absolute Gasteiger partial charge is 0.489 e. The quantitative estimate of drug-likeness (QED) is 0.288. The molecule has 0 spiro atoms. The van der Waals surface area contributed by atoms with E-state index in [1.54, 1.807) is 6.92 Å². The summed E-state index contributed by atoms with van der Waals surface area (Å²) in [5.74, 6) is 0.686. The van der Waals surface area contributed by atoms with Crippen LogP contribution < -0.4 is 4.74 Å². The molecule has 3 rings (SSSR count). The zero-order valence-electron chi connectivity index (χ0n) is 16.8. The van der Waals surface area contributed by atoms with Crippen LogP contribution >= 0.6 is 11.8 Å². The molecular formula is C24H21F3O3S. The van der Waals surface area contributed by atoms with Gasteiger partial charge in [-0.3, -0.25) is 4.79 Å². The lowest BCUT2D eigenvalue weighted by atomic mass is 10.0. The van der Waals surface area contributed by atoms with Crippen molar-refractivity contribution < 1.29 is 27.4 Å². The number of carbonyl (C=O) groups is 1. The van der Waals surface area contributed by atoms with Crippen LogP contribution in [0.4, 0.5) is 13.2 Å². The molecule has 3 aromatic carbocycles. The molecule has 0 N–H and O–H groups in total. The van der Waals surface area contributed by atoms with E-state index >= 15 is 0 Å². The number of hydrogen-bond acceptors (Lipinski definition) is 4. The van der Waals surface area contributed by atoms with Crippen molar-refractivity contribution in [2.75, 3.05) is 12.4 Å². The maximum atomic E-state index is 12.7. The number of esters is 1. The van der Waals surface area contributed by atoms with Gasteiger partial charge in [0.25, 0.3) is 0 Å². The van der Waals surface area contributed by atoms with Crippen LogP contribution in [0.3, 0.4) is 0 Å². The number of ether oxygens (including phenoxy) is 2. The average molecular weight is 446 g/mol. The van der Waals surface area contributed by atoms with Gasteiger partial charge in [0.05, 0.1) is 17.9 Å². The molecular weight excluding hydrogens is 425 g/mol. The molecule has 0 radical (unpaired) electrons. The van der Waals surface area contributed by atoms with E-state index in [0.717, 1.165) is 28.2 Å². The molecule has 0 saturated heterocycles. The lowest BCUT2D eigenvalue weighted by Crippen LogP contribution is -2.06. The first kappa shape index (κ1) is 22.7. The van der Waals surface area contributed by atoms with E-state index in [2.05, 4.69) is 0 Å². The third-order valence-electron chi connectivity index (χ3n) is 4.36. The number of benzene rings is 3. The van der Waals surface area contributed by atoms with E-state index in [1.165, 1.54) is 23.9 Å². The fourth-order valence-corrected chi connectivity index (χ4v) is 3.53. The van der Waals surface area contributed by atoms with Crippen molar-refractivity contribution >= 4 is 17.7 Å². The molecule has 162 valence electrons. The molecule has 3 nitrogen and oxygen atoms in total. The third kappa shape index (κ3) is 6.79. The summed E-state index contributed by atoms with van der Waals surface area (Å²) in [6.07, 6.45) is -4.35. The highest BCUT2D eigenvalue weighted by Crippen LogP contribution is 2.31. The van der Waals surface area contributed by atoms with Crippen LogP contribution in [-0.2, 0) is 22.3 Å². The SMILES string of the molecule is CCOC(=O)CSc1ccc(OCc2cccc(-c3ccc(C(F)(F)F)cc3)c2)cc1. The minimum atomic E-state index is -4.35. The van der Waals surface area contributed by atoms with Crippen LogP contribution in [0.5, 0.6) is 5.75 Å². The van der Waals surface area contributed by atoms with Crippen LogP contribution in [0.2, 0.25) is 0 Å². The van der Waals surface area contributed by atoms with Crippen LogP contribution in [-0.4, -0.2) is 18.3 Å². The molecule has 0 aliphatic heterocycles. The Morgan fingerprint density at radius 2 is 1.65 bits per heavy atom. The zero-order valence-corrected chi connectivity index (χ0v) is 17.6. The van der Waals surface area contributed by atoms with Gasteiger partial charge in [0.2, 0.25) is 0 Å². The summed E-state index contributed by atoms with van der Waals surface area (Å²) in [6, 6.07) is 20.0. The van der Waals surface area contributed by atoms with Crippen molar-refractivity contribution in [3.05, 3.63) is 83.9 Å². The van der Waals surface area contributed by atoms with Gasteiger partial charge in [0.1, 0.15) is 12.4 Å². The molecule has 3 aromatic rings. The number of alkyl halides is 3. The van der Waals surface area contributed by atoms with E-state index in [0.29, 0.717) is 24.5 Å². The highest BCUT2D eigenvalue weighted by atomic mass is 32.2. The Hall–Kier alpha value is -2.93. The maximum absolute atomic E-state index is 12.7. The van der Waals surface area contributed by atoms with Gasteiger partial charge < -0.3 is 9.47 Å². The Morgan fingerprint density at radius 3 is 2.29 bits per heavy atom. The highest BCUT2D eigenvalue weighted by Gasteiger charge is 2.29. The molecule has 0 aliphatic rings. The lowest BCUT2D eigenvalue weighted by Gasteiger charge is -2.10. The van der Waals surface area contributed by atoms with E-state index in [4.69, 9.17) is 9.47 Å². The first-order chi connectivity index (χ1) is 14.8. The van der Waals surface area contributed by atoms with Crippen molar-refractivity contribution in [2.45, 2.75) is 24.6 Å². The third-order valence-corrected chi connectivity index (χ3v) is 5.35. The minimum Gasteiger partial charge on any atom is -0.489 e. The van der Waals surface area contributed by atoms with Gasteiger partial charge in [-0.1, -0.05) is 30.3 Å². The van der Waals surface area contributed by atoms with Crippen LogP contribution in [0, 0.1) is 0 Å². The molecule has 0 aromatic heterocycles. The summed E-state index contributed by atoms with van der Waals surface area (Å²) in [7, 11) is 0. The predicted octanol–water partition coefficient (Wildman–Crippen LogP) is 6.61. The summed E-state index contributed by atoms with van der Waals surface area (Å²) in [5.41, 5.74) is 1.76. The van der Waals surface area contributed by atoms with Gasteiger partial charge in [0.15, 0.2) is 0 Å². The Labute approximate surface area is 183 Å². The van der Waals surface area contributed by atoms with E-state index < -0.39 is 11.7 Å². The number of hydrogen-bond donors (Lipinski definition) is 0. The maximum Gasteiger partial charge on any atom is 0.416 e. The van der Waals surface area contributed by atoms with Crippen molar-refractivity contribution in [2.24, 2.45) is 0 Å². The number of halogens is 3. The standard InChI is InChI=1S/C24H21F3O3S/c1-2-29-23(28)16-31-22-12-10-21(11-13-22)30-15-17-4-3-5-19(14-17)18-6-8-20(9-7-18)24(25,26)27/h3-14H,2,15-16H2,1H3.